The van der Waals surface area contributed by atoms with Gasteiger partial charge >= 0.3 is 12.1 Å². The summed E-state index contributed by atoms with van der Waals surface area (Å²) in [7, 11) is 1.61. The van der Waals surface area contributed by atoms with Crippen LogP contribution in [-0.2, 0) is 9.53 Å². The Bertz CT molecular complexity index is 668. The summed E-state index contributed by atoms with van der Waals surface area (Å²) in [6.07, 6.45) is 11.0. The number of aliphatic hydroxyl groups excluding tert-OH is 1. The van der Waals surface area contributed by atoms with E-state index >= 15 is 0 Å². The Hall–Kier alpha value is -1.30. The Kier molecular flexibility index (Phi) is 6.08. The Morgan fingerprint density at radius 1 is 1.03 bits per heavy atom. The third-order valence-electron chi connectivity index (χ3n) is 9.81. The van der Waals surface area contributed by atoms with Crippen LogP contribution in [0.4, 0.5) is 4.79 Å². The van der Waals surface area contributed by atoms with Gasteiger partial charge in [-0.3, -0.25) is 4.79 Å². The van der Waals surface area contributed by atoms with Gasteiger partial charge in [-0.15, -0.1) is 0 Å². The number of amides is 1. The van der Waals surface area contributed by atoms with Crippen LogP contribution >= 0.6 is 0 Å². The minimum Gasteiger partial charge on any atom is -0.481 e. The van der Waals surface area contributed by atoms with Gasteiger partial charge in [0.25, 0.3) is 0 Å². The Morgan fingerprint density at radius 3 is 2.57 bits per heavy atom. The summed E-state index contributed by atoms with van der Waals surface area (Å²) >= 11 is 0. The smallest absolute Gasteiger partial charge is 0.409 e. The van der Waals surface area contributed by atoms with Gasteiger partial charge in [0.05, 0.1) is 19.1 Å². The van der Waals surface area contributed by atoms with Gasteiger partial charge in [0.15, 0.2) is 0 Å². The lowest BCUT2D eigenvalue weighted by molar-refractivity contribution is -0.159. The largest absolute Gasteiger partial charge is 0.481 e. The van der Waals surface area contributed by atoms with Crippen LogP contribution in [0.2, 0.25) is 0 Å². The Balaban J connectivity index is 1.57. The Morgan fingerprint density at radius 2 is 1.83 bits per heavy atom. The van der Waals surface area contributed by atoms with E-state index in [0.29, 0.717) is 29.6 Å². The summed E-state index contributed by atoms with van der Waals surface area (Å²) in [5, 5.41) is 19.1. The van der Waals surface area contributed by atoms with Crippen molar-refractivity contribution >= 4 is 12.1 Å². The highest BCUT2D eigenvalue weighted by molar-refractivity contribution is 5.72. The predicted octanol–water partition coefficient (Wildman–Crippen LogP) is 4.16. The molecule has 4 aliphatic carbocycles. The highest BCUT2D eigenvalue weighted by Crippen LogP contribution is 2.67. The number of ether oxygens (including phenoxy) is 1. The van der Waals surface area contributed by atoms with Gasteiger partial charge in [0.1, 0.15) is 0 Å². The SMILES string of the molecule is CN(CCO)C(=O)OC[C@]12CC[C@H]3[C@@H](CCC4CCCC[C@@]43C)[C@@H]1CCC2C(=O)O. The first kappa shape index (κ1) is 21.9. The van der Waals surface area contributed by atoms with Crippen LogP contribution in [0, 0.1) is 40.4 Å². The molecule has 170 valence electrons. The van der Waals surface area contributed by atoms with E-state index in [0.717, 1.165) is 25.2 Å². The number of nitrogens with zero attached hydrogens (tertiary/aromatic N) is 1. The summed E-state index contributed by atoms with van der Waals surface area (Å²) in [5.74, 6) is 1.28. The fourth-order valence-corrected chi connectivity index (χ4v) is 8.30. The molecule has 4 rings (SSSR count). The van der Waals surface area contributed by atoms with E-state index in [9.17, 15) is 14.7 Å². The van der Waals surface area contributed by atoms with Gasteiger partial charge < -0.3 is 19.8 Å². The van der Waals surface area contributed by atoms with Gasteiger partial charge in [-0.25, -0.2) is 4.79 Å². The minimum atomic E-state index is -0.728. The molecule has 6 heteroatoms. The maximum atomic E-state index is 12.4. The molecule has 0 saturated heterocycles. The molecule has 0 radical (unpaired) electrons. The molecule has 4 saturated carbocycles. The number of hydrogen-bond donors (Lipinski definition) is 2. The van der Waals surface area contributed by atoms with E-state index in [1.165, 1.54) is 43.4 Å². The number of fused-ring (bicyclic) bond motifs is 5. The van der Waals surface area contributed by atoms with Crippen LogP contribution in [0.15, 0.2) is 0 Å². The summed E-state index contributed by atoms with van der Waals surface area (Å²) < 4.78 is 5.70. The third-order valence-corrected chi connectivity index (χ3v) is 9.81. The quantitative estimate of drug-likeness (QED) is 0.696. The summed E-state index contributed by atoms with van der Waals surface area (Å²) in [6.45, 7) is 2.84. The van der Waals surface area contributed by atoms with Gasteiger partial charge in [0, 0.05) is 19.0 Å². The van der Waals surface area contributed by atoms with Crippen molar-refractivity contribution in [1.82, 2.24) is 4.90 Å². The molecule has 4 fully saturated rings. The number of likely N-dealkylation sites (N-methyl/N-ethyl adjacent to an activating group) is 1. The van der Waals surface area contributed by atoms with E-state index in [1.807, 2.05) is 0 Å². The highest BCUT2D eigenvalue weighted by atomic mass is 16.6. The second-order valence-electron chi connectivity index (χ2n) is 10.8. The van der Waals surface area contributed by atoms with E-state index in [1.54, 1.807) is 7.05 Å². The van der Waals surface area contributed by atoms with Crippen LogP contribution in [0.5, 0.6) is 0 Å². The highest BCUT2D eigenvalue weighted by Gasteiger charge is 2.63. The average Bonchev–Trinajstić information content (AvgIpc) is 3.12. The van der Waals surface area contributed by atoms with Crippen LogP contribution in [-0.4, -0.2) is 54.0 Å². The van der Waals surface area contributed by atoms with E-state index < -0.39 is 23.4 Å². The van der Waals surface area contributed by atoms with Crippen LogP contribution < -0.4 is 0 Å². The van der Waals surface area contributed by atoms with Crippen molar-refractivity contribution in [3.63, 3.8) is 0 Å². The molecule has 0 bridgehead atoms. The van der Waals surface area contributed by atoms with Crippen molar-refractivity contribution < 1.29 is 24.5 Å². The second kappa shape index (κ2) is 8.33. The zero-order chi connectivity index (χ0) is 21.5. The molecule has 6 nitrogen and oxygen atoms in total. The lowest BCUT2D eigenvalue weighted by atomic mass is 9.44. The molecule has 2 N–H and O–H groups in total. The monoisotopic (exact) mass is 421 g/mol. The van der Waals surface area contributed by atoms with Crippen molar-refractivity contribution in [2.45, 2.75) is 71.1 Å². The first-order valence-corrected chi connectivity index (χ1v) is 12.0. The van der Waals surface area contributed by atoms with E-state index in [-0.39, 0.29) is 19.8 Å². The van der Waals surface area contributed by atoms with Gasteiger partial charge in [0.2, 0.25) is 0 Å². The van der Waals surface area contributed by atoms with Crippen LogP contribution in [0.3, 0.4) is 0 Å². The standard InChI is InChI=1S/C24H39NO5/c1-23-11-4-3-5-16(23)6-7-17-18(23)10-12-24(15-30-22(29)25(2)13-14-26)19(17)8-9-20(24)21(27)28/h16-20,26H,3-15H2,1-2H3,(H,27,28)/t16?,17-,18+,19+,20?,23+,24-/m1/s1. The van der Waals surface area contributed by atoms with Crippen LogP contribution in [0.25, 0.3) is 0 Å². The number of rotatable bonds is 5. The lowest BCUT2D eigenvalue weighted by Gasteiger charge is -2.60. The maximum absolute atomic E-state index is 12.4. The molecule has 4 aliphatic rings. The number of hydrogen-bond acceptors (Lipinski definition) is 4. The summed E-state index contributed by atoms with van der Waals surface area (Å²) in [5.41, 5.74) is -0.0206. The fraction of sp³-hybridized carbons (Fsp3) is 0.917. The number of carboxylic acids is 1. The molecule has 2 unspecified atom stereocenters. The number of aliphatic carboxylic acids is 1. The topological polar surface area (TPSA) is 87.1 Å². The molecule has 0 aliphatic heterocycles. The van der Waals surface area contributed by atoms with Crippen LogP contribution in [0.1, 0.15) is 71.1 Å². The molecule has 0 spiro atoms. The molecule has 0 aromatic heterocycles. The summed E-state index contributed by atoms with van der Waals surface area (Å²) in [6, 6.07) is 0. The number of carboxylic acid groups (broad SMARTS) is 1. The van der Waals surface area contributed by atoms with Gasteiger partial charge in [-0.1, -0.05) is 19.8 Å². The molecular formula is C24H39NO5. The number of carbonyl (C=O) groups excluding carboxylic acids is 1. The zero-order valence-corrected chi connectivity index (χ0v) is 18.6. The van der Waals surface area contributed by atoms with Gasteiger partial charge in [-0.2, -0.15) is 0 Å². The molecule has 1 amide bonds. The summed E-state index contributed by atoms with van der Waals surface area (Å²) in [4.78, 5) is 26.0. The minimum absolute atomic E-state index is 0.110. The third kappa shape index (κ3) is 3.43. The Labute approximate surface area is 180 Å². The first-order valence-electron chi connectivity index (χ1n) is 12.0. The second-order valence-corrected chi connectivity index (χ2v) is 10.8. The molecule has 0 heterocycles. The van der Waals surface area contributed by atoms with Crippen molar-refractivity contribution in [2.75, 3.05) is 26.8 Å². The number of aliphatic hydroxyl groups is 1. The van der Waals surface area contributed by atoms with Crippen molar-refractivity contribution in [1.29, 1.82) is 0 Å². The van der Waals surface area contributed by atoms with Gasteiger partial charge in [-0.05, 0) is 80.5 Å². The van der Waals surface area contributed by atoms with Crippen molar-refractivity contribution in [2.24, 2.45) is 40.4 Å². The zero-order valence-electron chi connectivity index (χ0n) is 18.6. The van der Waals surface area contributed by atoms with E-state index in [2.05, 4.69) is 6.92 Å². The molecule has 7 atom stereocenters. The molecule has 0 aromatic rings. The van der Waals surface area contributed by atoms with Crippen molar-refractivity contribution in [3.05, 3.63) is 0 Å². The molecule has 30 heavy (non-hydrogen) atoms. The fourth-order valence-electron chi connectivity index (χ4n) is 8.30. The van der Waals surface area contributed by atoms with E-state index in [4.69, 9.17) is 9.84 Å². The number of carbonyl (C=O) groups is 2. The van der Waals surface area contributed by atoms with Crippen molar-refractivity contribution in [3.8, 4) is 0 Å². The predicted molar refractivity (Wildman–Crippen MR) is 113 cm³/mol. The molecule has 0 aromatic carbocycles. The maximum Gasteiger partial charge on any atom is 0.409 e. The normalized spacial score (nSPS) is 42.6. The lowest BCUT2D eigenvalue weighted by Crippen LogP contribution is -2.55. The first-order chi connectivity index (χ1) is 14.3. The average molecular weight is 422 g/mol. The molecular weight excluding hydrogens is 382 g/mol.